The maximum absolute atomic E-state index is 10.1. The molecule has 0 saturated heterocycles. The fourth-order valence-corrected chi connectivity index (χ4v) is 4.37. The molecule has 3 heteroatoms. The molecule has 0 atom stereocenters. The lowest BCUT2D eigenvalue weighted by Crippen LogP contribution is -2.25. The topological polar surface area (TPSA) is 44.3 Å². The van der Waals surface area contributed by atoms with Gasteiger partial charge in [0.15, 0.2) is 0 Å². The van der Waals surface area contributed by atoms with Crippen molar-refractivity contribution in [2.24, 2.45) is 0 Å². The zero-order valence-corrected chi connectivity index (χ0v) is 19.8. The van der Waals surface area contributed by atoms with Crippen LogP contribution in [0.1, 0.15) is 44.4 Å². The first-order valence-electron chi connectivity index (χ1n) is 11.4. The number of rotatable bonds is 3. The average molecular weight is 437 g/mol. The Morgan fingerprint density at radius 2 is 1.15 bits per heavy atom. The van der Waals surface area contributed by atoms with Crippen LogP contribution in [0, 0.1) is 0 Å². The van der Waals surface area contributed by atoms with Crippen molar-refractivity contribution in [1.82, 2.24) is 0 Å². The third-order valence-corrected chi connectivity index (χ3v) is 6.11. The van der Waals surface area contributed by atoms with Gasteiger partial charge < -0.3 is 15.7 Å². The molecule has 0 spiro atoms. The highest BCUT2D eigenvalue weighted by atomic mass is 16.3. The molecule has 1 aliphatic heterocycles. The number of hydrogen-bond donors (Lipinski definition) is 3. The van der Waals surface area contributed by atoms with E-state index < -0.39 is 5.60 Å². The van der Waals surface area contributed by atoms with E-state index in [2.05, 4.69) is 73.0 Å². The number of anilines is 4. The van der Waals surface area contributed by atoms with E-state index in [9.17, 15) is 5.11 Å². The Balaban J connectivity index is 0.000000157. The second-order valence-electron chi connectivity index (χ2n) is 9.44. The number of fused-ring (bicyclic) bond motifs is 2. The Morgan fingerprint density at radius 3 is 1.73 bits per heavy atom. The lowest BCUT2D eigenvalue weighted by atomic mass is 9.74. The highest BCUT2D eigenvalue weighted by Gasteiger charge is 2.31. The van der Waals surface area contributed by atoms with Crippen LogP contribution in [0.15, 0.2) is 103 Å². The predicted molar refractivity (Wildman–Crippen MR) is 140 cm³/mol. The normalized spacial score (nSPS) is 13.5. The third-order valence-electron chi connectivity index (χ3n) is 6.11. The highest BCUT2D eigenvalue weighted by molar-refractivity contribution is 5.75. The summed E-state index contributed by atoms with van der Waals surface area (Å²) in [6, 6.07) is 34.8. The predicted octanol–water partition coefficient (Wildman–Crippen LogP) is 7.73. The Kier molecular flexibility index (Phi) is 6.26. The lowest BCUT2D eigenvalue weighted by Gasteiger charge is -2.35. The SMILES string of the molecule is CC(C)(O)c1ccccc1Nc1ccccc1.CC1(C)c2ccccc2Nc2ccccc21. The number of benzene rings is 4. The van der Waals surface area contributed by atoms with Crippen LogP contribution < -0.4 is 10.6 Å². The molecular weight excluding hydrogens is 404 g/mol. The van der Waals surface area contributed by atoms with Gasteiger partial charge in [-0.25, -0.2) is 0 Å². The summed E-state index contributed by atoms with van der Waals surface area (Å²) in [4.78, 5) is 0. The van der Waals surface area contributed by atoms with Gasteiger partial charge in [-0.2, -0.15) is 0 Å². The molecule has 0 aromatic heterocycles. The van der Waals surface area contributed by atoms with Crippen LogP contribution in [0.5, 0.6) is 0 Å². The first-order chi connectivity index (χ1) is 15.8. The molecule has 1 aliphatic rings. The molecule has 0 aliphatic carbocycles. The molecule has 0 amide bonds. The summed E-state index contributed by atoms with van der Waals surface area (Å²) in [7, 11) is 0. The smallest absolute Gasteiger partial charge is 0.0860 e. The van der Waals surface area contributed by atoms with E-state index in [4.69, 9.17) is 0 Å². The summed E-state index contributed by atoms with van der Waals surface area (Å²) in [5.74, 6) is 0. The van der Waals surface area contributed by atoms with Gasteiger partial charge in [0.25, 0.3) is 0 Å². The number of hydrogen-bond acceptors (Lipinski definition) is 3. The maximum Gasteiger partial charge on any atom is 0.0860 e. The molecule has 33 heavy (non-hydrogen) atoms. The average Bonchev–Trinajstić information content (AvgIpc) is 2.80. The third kappa shape index (κ3) is 4.94. The Bertz CT molecular complexity index is 1180. The quantitative estimate of drug-likeness (QED) is 0.308. The minimum atomic E-state index is -0.849. The maximum atomic E-state index is 10.1. The van der Waals surface area contributed by atoms with E-state index in [1.165, 1.54) is 22.5 Å². The monoisotopic (exact) mass is 436 g/mol. The lowest BCUT2D eigenvalue weighted by molar-refractivity contribution is 0.0794. The molecule has 0 unspecified atom stereocenters. The van der Waals surface area contributed by atoms with Gasteiger partial charge in [-0.3, -0.25) is 0 Å². The molecule has 1 heterocycles. The first-order valence-corrected chi connectivity index (χ1v) is 11.4. The van der Waals surface area contributed by atoms with Crippen molar-refractivity contribution in [2.75, 3.05) is 10.6 Å². The second kappa shape index (κ2) is 9.13. The molecule has 0 saturated carbocycles. The number of para-hydroxylation sites is 4. The van der Waals surface area contributed by atoms with Gasteiger partial charge >= 0.3 is 0 Å². The van der Waals surface area contributed by atoms with Crippen LogP contribution in [0.2, 0.25) is 0 Å². The molecule has 4 aromatic carbocycles. The van der Waals surface area contributed by atoms with Gasteiger partial charge in [-0.15, -0.1) is 0 Å². The van der Waals surface area contributed by atoms with Crippen molar-refractivity contribution in [3.63, 3.8) is 0 Å². The van der Waals surface area contributed by atoms with E-state index in [0.717, 1.165) is 16.9 Å². The van der Waals surface area contributed by atoms with Crippen LogP contribution in [-0.2, 0) is 11.0 Å². The molecule has 168 valence electrons. The van der Waals surface area contributed by atoms with E-state index >= 15 is 0 Å². The van der Waals surface area contributed by atoms with Crippen LogP contribution in [0.25, 0.3) is 0 Å². The van der Waals surface area contributed by atoms with E-state index in [-0.39, 0.29) is 5.41 Å². The molecule has 4 aromatic rings. The van der Waals surface area contributed by atoms with Crippen molar-refractivity contribution in [3.8, 4) is 0 Å². The first kappa shape index (κ1) is 22.6. The van der Waals surface area contributed by atoms with E-state index in [0.29, 0.717) is 0 Å². The molecule has 0 fully saturated rings. The minimum absolute atomic E-state index is 0.0818. The molecular formula is C30H32N2O. The molecule has 0 radical (unpaired) electrons. The molecule has 0 bridgehead atoms. The fourth-order valence-electron chi connectivity index (χ4n) is 4.37. The minimum Gasteiger partial charge on any atom is -0.386 e. The molecule has 5 rings (SSSR count). The van der Waals surface area contributed by atoms with Crippen LogP contribution in [0.3, 0.4) is 0 Å². The van der Waals surface area contributed by atoms with Crippen molar-refractivity contribution in [2.45, 2.75) is 38.7 Å². The second-order valence-corrected chi connectivity index (χ2v) is 9.44. The zero-order chi connectivity index (χ0) is 23.5. The highest BCUT2D eigenvalue weighted by Crippen LogP contribution is 2.44. The summed E-state index contributed by atoms with van der Waals surface area (Å²) >= 11 is 0. The largest absolute Gasteiger partial charge is 0.386 e. The molecule has 3 N–H and O–H groups in total. The van der Waals surface area contributed by atoms with Crippen molar-refractivity contribution in [3.05, 3.63) is 120 Å². The van der Waals surface area contributed by atoms with Crippen molar-refractivity contribution in [1.29, 1.82) is 0 Å². The summed E-state index contributed by atoms with van der Waals surface area (Å²) < 4.78 is 0. The Labute approximate surface area is 197 Å². The summed E-state index contributed by atoms with van der Waals surface area (Å²) in [5, 5.41) is 16.9. The zero-order valence-electron chi connectivity index (χ0n) is 19.8. The Morgan fingerprint density at radius 1 is 0.667 bits per heavy atom. The van der Waals surface area contributed by atoms with Gasteiger partial charge in [0.2, 0.25) is 0 Å². The number of aliphatic hydroxyl groups is 1. The van der Waals surface area contributed by atoms with Crippen molar-refractivity contribution >= 4 is 22.7 Å². The van der Waals surface area contributed by atoms with Crippen LogP contribution in [-0.4, -0.2) is 5.11 Å². The number of nitrogens with one attached hydrogen (secondary N) is 2. The summed E-state index contributed by atoms with van der Waals surface area (Å²) in [5.41, 5.74) is 7.27. The van der Waals surface area contributed by atoms with Gasteiger partial charge in [0.1, 0.15) is 0 Å². The van der Waals surface area contributed by atoms with Crippen LogP contribution >= 0.6 is 0 Å². The van der Waals surface area contributed by atoms with Gasteiger partial charge in [-0.1, -0.05) is 86.6 Å². The fraction of sp³-hybridized carbons (Fsp3) is 0.200. The summed E-state index contributed by atoms with van der Waals surface area (Å²) in [6.07, 6.45) is 0. The van der Waals surface area contributed by atoms with Crippen LogP contribution in [0.4, 0.5) is 22.7 Å². The van der Waals surface area contributed by atoms with Gasteiger partial charge in [0, 0.05) is 33.7 Å². The standard InChI is InChI=1S/C15H17NO.C15H15N/c1-15(2,17)13-10-6-7-11-14(13)16-12-8-4-3-5-9-12;1-15(2)11-7-3-5-9-13(11)16-14-10-6-4-8-12(14)15/h3-11,16-17H,1-2H3;3-10,16H,1-2H3. The van der Waals surface area contributed by atoms with Crippen molar-refractivity contribution < 1.29 is 5.11 Å². The van der Waals surface area contributed by atoms with E-state index in [1.54, 1.807) is 13.8 Å². The molecule has 3 nitrogen and oxygen atoms in total. The Hall–Kier alpha value is -3.56. The van der Waals surface area contributed by atoms with Gasteiger partial charge in [-0.05, 0) is 55.3 Å². The van der Waals surface area contributed by atoms with Gasteiger partial charge in [0.05, 0.1) is 5.60 Å². The summed E-state index contributed by atoms with van der Waals surface area (Å²) in [6.45, 7) is 8.15. The van der Waals surface area contributed by atoms with E-state index in [1.807, 2.05) is 54.6 Å².